The molecule has 1 aromatic rings. The van der Waals surface area contributed by atoms with Gasteiger partial charge in [-0.25, -0.2) is 0 Å². The van der Waals surface area contributed by atoms with Gasteiger partial charge in [0, 0.05) is 11.8 Å². The SMILES string of the molecule is NC(=O)C1C(Cc2ccc3c(c2)OCO3)SC23C=CC=CC2=NCCC13. The van der Waals surface area contributed by atoms with Gasteiger partial charge in [0.1, 0.15) is 0 Å². The molecule has 1 aromatic carbocycles. The Morgan fingerprint density at radius 2 is 2.19 bits per heavy atom. The monoisotopic (exact) mass is 368 g/mol. The van der Waals surface area contributed by atoms with Crippen molar-refractivity contribution in [2.45, 2.75) is 22.8 Å². The van der Waals surface area contributed by atoms with Gasteiger partial charge in [0.2, 0.25) is 12.7 Å². The summed E-state index contributed by atoms with van der Waals surface area (Å²) in [7, 11) is 0. The molecule has 1 fully saturated rings. The fourth-order valence-corrected chi connectivity index (χ4v) is 6.75. The highest BCUT2D eigenvalue weighted by atomic mass is 32.2. The van der Waals surface area contributed by atoms with Gasteiger partial charge in [-0.2, -0.15) is 0 Å². The van der Waals surface area contributed by atoms with Crippen molar-refractivity contribution in [2.75, 3.05) is 13.3 Å². The van der Waals surface area contributed by atoms with Crippen molar-refractivity contribution in [3.63, 3.8) is 0 Å². The van der Waals surface area contributed by atoms with Gasteiger partial charge in [-0.05, 0) is 42.5 Å². The zero-order chi connectivity index (χ0) is 17.7. The van der Waals surface area contributed by atoms with Crippen LogP contribution in [0.25, 0.3) is 0 Å². The van der Waals surface area contributed by atoms with Crippen molar-refractivity contribution in [1.29, 1.82) is 0 Å². The molecule has 0 aromatic heterocycles. The van der Waals surface area contributed by atoms with Gasteiger partial charge in [0.25, 0.3) is 0 Å². The summed E-state index contributed by atoms with van der Waals surface area (Å²) in [5.41, 5.74) is 8.10. The van der Waals surface area contributed by atoms with Crippen LogP contribution >= 0.6 is 11.8 Å². The molecule has 1 aliphatic carbocycles. The van der Waals surface area contributed by atoms with Crippen LogP contribution < -0.4 is 15.2 Å². The highest BCUT2D eigenvalue weighted by molar-refractivity contribution is 8.02. The molecule has 5 nitrogen and oxygen atoms in total. The lowest BCUT2D eigenvalue weighted by molar-refractivity contribution is -0.123. The first kappa shape index (κ1) is 16.0. The summed E-state index contributed by atoms with van der Waals surface area (Å²) in [4.78, 5) is 17.1. The predicted octanol–water partition coefficient (Wildman–Crippen LogP) is 2.50. The third-order valence-electron chi connectivity index (χ3n) is 5.77. The lowest BCUT2D eigenvalue weighted by Crippen LogP contribution is -2.46. The second kappa shape index (κ2) is 5.91. The maximum Gasteiger partial charge on any atom is 0.231 e. The van der Waals surface area contributed by atoms with Gasteiger partial charge in [0.15, 0.2) is 11.5 Å². The molecule has 1 amide bonds. The number of hydrogen-bond donors (Lipinski definition) is 1. The topological polar surface area (TPSA) is 73.9 Å². The highest BCUT2D eigenvalue weighted by Gasteiger charge is 2.57. The first-order valence-corrected chi connectivity index (χ1v) is 9.82. The molecule has 26 heavy (non-hydrogen) atoms. The minimum Gasteiger partial charge on any atom is -0.454 e. The van der Waals surface area contributed by atoms with Gasteiger partial charge in [-0.3, -0.25) is 9.79 Å². The summed E-state index contributed by atoms with van der Waals surface area (Å²) in [6, 6.07) is 6.02. The number of ether oxygens (including phenoxy) is 2. The average Bonchev–Trinajstić information content (AvgIpc) is 3.21. The van der Waals surface area contributed by atoms with E-state index in [0.29, 0.717) is 0 Å². The number of benzene rings is 1. The third-order valence-corrected chi connectivity index (χ3v) is 7.57. The maximum absolute atomic E-state index is 12.4. The molecule has 1 saturated heterocycles. The molecule has 1 spiro atoms. The van der Waals surface area contributed by atoms with Crippen molar-refractivity contribution in [2.24, 2.45) is 22.6 Å². The van der Waals surface area contributed by atoms with Crippen LogP contribution in [0.15, 0.2) is 47.5 Å². The minimum absolute atomic E-state index is 0.123. The molecule has 5 rings (SSSR count). The van der Waals surface area contributed by atoms with Crippen molar-refractivity contribution < 1.29 is 14.3 Å². The Labute approximate surface area is 156 Å². The van der Waals surface area contributed by atoms with Crippen LogP contribution in [-0.2, 0) is 11.2 Å². The van der Waals surface area contributed by atoms with E-state index in [9.17, 15) is 4.79 Å². The van der Waals surface area contributed by atoms with Crippen molar-refractivity contribution in [1.82, 2.24) is 0 Å². The Kier molecular flexibility index (Phi) is 3.64. The molecule has 134 valence electrons. The molecule has 0 radical (unpaired) electrons. The second-order valence-corrected chi connectivity index (χ2v) is 8.67. The van der Waals surface area contributed by atoms with Crippen molar-refractivity contribution >= 4 is 23.4 Å². The summed E-state index contributed by atoms with van der Waals surface area (Å²) in [5, 5.41) is 0.123. The Morgan fingerprint density at radius 3 is 3.08 bits per heavy atom. The van der Waals surface area contributed by atoms with Crippen LogP contribution in [0.2, 0.25) is 0 Å². The highest BCUT2D eigenvalue weighted by Crippen LogP contribution is 2.57. The normalized spacial score (nSPS) is 33.5. The van der Waals surface area contributed by atoms with E-state index >= 15 is 0 Å². The zero-order valence-corrected chi connectivity index (χ0v) is 15.1. The molecular formula is C20H20N2O3S. The standard InChI is InChI=1S/C20H20N2O3S/c21-19(23)18-13-6-8-22-17-3-1-2-7-20(13,17)26-16(18)10-12-4-5-14-15(9-12)25-11-24-14/h1-5,7,9,13,16,18H,6,8,10-11H2,(H2,21,23). The van der Waals surface area contributed by atoms with Gasteiger partial charge < -0.3 is 15.2 Å². The summed E-state index contributed by atoms with van der Waals surface area (Å²) < 4.78 is 10.7. The number of fused-ring (bicyclic) bond motifs is 1. The van der Waals surface area contributed by atoms with E-state index in [4.69, 9.17) is 20.2 Å². The summed E-state index contributed by atoms with van der Waals surface area (Å²) in [5.74, 6) is 1.40. The van der Waals surface area contributed by atoms with E-state index in [1.165, 1.54) is 0 Å². The first-order chi connectivity index (χ1) is 12.7. The van der Waals surface area contributed by atoms with E-state index in [0.717, 1.165) is 42.2 Å². The summed E-state index contributed by atoms with van der Waals surface area (Å²) >= 11 is 1.85. The Morgan fingerprint density at radius 1 is 1.31 bits per heavy atom. The molecule has 4 unspecified atom stereocenters. The number of hydrogen-bond acceptors (Lipinski definition) is 5. The van der Waals surface area contributed by atoms with Crippen LogP contribution in [0.3, 0.4) is 0 Å². The van der Waals surface area contributed by atoms with Gasteiger partial charge >= 0.3 is 0 Å². The lowest BCUT2D eigenvalue weighted by atomic mass is 9.72. The van der Waals surface area contributed by atoms with E-state index < -0.39 is 0 Å². The van der Waals surface area contributed by atoms with E-state index in [1.54, 1.807) is 0 Å². The van der Waals surface area contributed by atoms with E-state index in [-0.39, 0.29) is 34.5 Å². The molecule has 2 N–H and O–H groups in total. The number of carbonyl (C=O) groups excluding carboxylic acids is 1. The number of thioether (sulfide) groups is 1. The largest absolute Gasteiger partial charge is 0.454 e. The fourth-order valence-electron chi connectivity index (χ4n) is 4.66. The number of amides is 1. The Hall–Kier alpha value is -2.21. The van der Waals surface area contributed by atoms with Crippen molar-refractivity contribution in [3.8, 4) is 11.5 Å². The Balaban J connectivity index is 1.49. The van der Waals surface area contributed by atoms with Gasteiger partial charge in [-0.15, -0.1) is 11.8 Å². The second-order valence-electron chi connectivity index (χ2n) is 7.15. The molecule has 3 aliphatic heterocycles. The number of nitrogens with zero attached hydrogens (tertiary/aromatic N) is 1. The van der Waals surface area contributed by atoms with Gasteiger partial charge in [-0.1, -0.05) is 24.3 Å². The maximum atomic E-state index is 12.4. The summed E-state index contributed by atoms with van der Waals surface area (Å²) in [6.07, 6.45) is 10.1. The number of rotatable bonds is 3. The van der Waals surface area contributed by atoms with Crippen LogP contribution in [0.5, 0.6) is 11.5 Å². The molecule has 4 aliphatic rings. The molecule has 4 atom stereocenters. The number of carbonyl (C=O) groups is 1. The number of aliphatic imine (C=N–C) groups is 1. The van der Waals surface area contributed by atoms with Crippen molar-refractivity contribution in [3.05, 3.63) is 48.1 Å². The molecule has 0 bridgehead atoms. The molecule has 3 heterocycles. The van der Waals surface area contributed by atoms with Crippen LogP contribution in [0.4, 0.5) is 0 Å². The Bertz CT molecular complexity index is 863. The zero-order valence-electron chi connectivity index (χ0n) is 14.3. The average molecular weight is 368 g/mol. The van der Waals surface area contributed by atoms with Gasteiger partial charge in [0.05, 0.1) is 16.4 Å². The lowest BCUT2D eigenvalue weighted by Gasteiger charge is -2.37. The molecule has 0 saturated carbocycles. The van der Waals surface area contributed by atoms with Crippen LogP contribution in [-0.4, -0.2) is 35.0 Å². The summed E-state index contributed by atoms with van der Waals surface area (Å²) in [6.45, 7) is 1.03. The van der Waals surface area contributed by atoms with E-state index in [1.807, 2.05) is 30.0 Å². The van der Waals surface area contributed by atoms with Crippen LogP contribution in [0.1, 0.15) is 12.0 Å². The quantitative estimate of drug-likeness (QED) is 0.890. The fraction of sp³-hybridized carbons (Fsp3) is 0.400. The number of primary amides is 1. The third kappa shape index (κ3) is 2.31. The first-order valence-electron chi connectivity index (χ1n) is 8.94. The van der Waals surface area contributed by atoms with Crippen LogP contribution in [0, 0.1) is 11.8 Å². The molecular weight excluding hydrogens is 348 g/mol. The minimum atomic E-state index is -0.215. The smallest absolute Gasteiger partial charge is 0.231 e. The molecule has 6 heteroatoms. The van der Waals surface area contributed by atoms with E-state index in [2.05, 4.69) is 24.3 Å². The predicted molar refractivity (Wildman–Crippen MR) is 102 cm³/mol. The number of nitrogens with two attached hydrogens (primary N) is 1. The number of allylic oxidation sites excluding steroid dienone is 3.